The van der Waals surface area contributed by atoms with Crippen LogP contribution in [-0.4, -0.2) is 5.33 Å². The van der Waals surface area contributed by atoms with Crippen molar-refractivity contribution in [2.75, 3.05) is 5.33 Å². The molecule has 0 aromatic carbocycles. The molecule has 0 nitrogen and oxygen atoms in total. The molecular formula is C10H17Br. The number of alkyl halides is 1. The molecule has 0 N–H and O–H groups in total. The van der Waals surface area contributed by atoms with Crippen LogP contribution in [0.15, 0.2) is 0 Å². The summed E-state index contributed by atoms with van der Waals surface area (Å²) in [5.41, 5.74) is 0.677. The highest BCUT2D eigenvalue weighted by Gasteiger charge is 2.53. The first-order chi connectivity index (χ1) is 5.16. The molecule has 0 spiro atoms. The van der Waals surface area contributed by atoms with E-state index in [0.717, 1.165) is 17.8 Å². The zero-order valence-electron chi connectivity index (χ0n) is 7.44. The average molecular weight is 217 g/mol. The maximum absolute atomic E-state index is 3.63. The first-order valence-electron chi connectivity index (χ1n) is 4.72. The van der Waals surface area contributed by atoms with Gasteiger partial charge in [-0.05, 0) is 42.4 Å². The summed E-state index contributed by atoms with van der Waals surface area (Å²) in [6.45, 7) is 4.92. The Hall–Kier alpha value is 0.480. The molecule has 3 fully saturated rings. The molecule has 11 heavy (non-hydrogen) atoms. The van der Waals surface area contributed by atoms with Gasteiger partial charge in [0.25, 0.3) is 0 Å². The predicted octanol–water partition coefficient (Wildman–Crippen LogP) is 3.45. The molecule has 1 heteroatoms. The van der Waals surface area contributed by atoms with Gasteiger partial charge in [0.15, 0.2) is 0 Å². The van der Waals surface area contributed by atoms with Crippen molar-refractivity contribution in [2.45, 2.75) is 33.1 Å². The van der Waals surface area contributed by atoms with Gasteiger partial charge in [-0.2, -0.15) is 0 Å². The quantitative estimate of drug-likeness (QED) is 0.590. The summed E-state index contributed by atoms with van der Waals surface area (Å²) in [6, 6.07) is 0. The molecule has 0 radical (unpaired) electrons. The zero-order valence-corrected chi connectivity index (χ0v) is 9.02. The minimum absolute atomic E-state index is 0.677. The van der Waals surface area contributed by atoms with Crippen molar-refractivity contribution in [2.24, 2.45) is 23.2 Å². The minimum Gasteiger partial charge on any atom is -0.0925 e. The predicted molar refractivity (Wildman–Crippen MR) is 51.9 cm³/mol. The molecule has 2 bridgehead atoms. The lowest BCUT2D eigenvalue weighted by atomic mass is 9.46. The molecule has 3 aliphatic carbocycles. The van der Waals surface area contributed by atoms with Crippen LogP contribution in [0.2, 0.25) is 0 Å². The maximum Gasteiger partial charge on any atom is 0.00625 e. The summed E-state index contributed by atoms with van der Waals surface area (Å²) in [7, 11) is 0. The lowest BCUT2D eigenvalue weighted by molar-refractivity contribution is -0.0970. The lowest BCUT2D eigenvalue weighted by Gasteiger charge is -2.60. The van der Waals surface area contributed by atoms with Crippen molar-refractivity contribution in [1.82, 2.24) is 0 Å². The summed E-state index contributed by atoms with van der Waals surface area (Å²) < 4.78 is 0. The molecule has 0 amide bonds. The topological polar surface area (TPSA) is 0 Å². The summed E-state index contributed by atoms with van der Waals surface area (Å²) >= 11 is 3.63. The molecule has 0 aromatic rings. The molecule has 3 atom stereocenters. The molecule has 2 unspecified atom stereocenters. The molecule has 64 valence electrons. The fourth-order valence-electron chi connectivity index (χ4n) is 3.15. The third-order valence-electron chi connectivity index (χ3n) is 4.20. The van der Waals surface area contributed by atoms with E-state index in [1.54, 1.807) is 0 Å². The number of rotatable bonds is 1. The first kappa shape index (κ1) is 8.10. The van der Waals surface area contributed by atoms with Crippen LogP contribution in [0.5, 0.6) is 0 Å². The zero-order chi connectivity index (χ0) is 8.06. The van der Waals surface area contributed by atoms with Crippen LogP contribution in [0, 0.1) is 23.2 Å². The van der Waals surface area contributed by atoms with E-state index in [0.29, 0.717) is 5.41 Å². The molecule has 3 saturated carbocycles. The van der Waals surface area contributed by atoms with Crippen LogP contribution < -0.4 is 0 Å². The highest BCUT2D eigenvalue weighted by atomic mass is 79.9. The van der Waals surface area contributed by atoms with Gasteiger partial charge in [0.05, 0.1) is 0 Å². The van der Waals surface area contributed by atoms with Crippen molar-refractivity contribution in [3.8, 4) is 0 Å². The second-order valence-corrected chi connectivity index (χ2v) is 5.50. The van der Waals surface area contributed by atoms with E-state index in [2.05, 4.69) is 29.8 Å². The van der Waals surface area contributed by atoms with Crippen molar-refractivity contribution in [3.05, 3.63) is 0 Å². The number of hydrogen-bond acceptors (Lipinski definition) is 0. The molecule has 0 aromatic heterocycles. The number of fused-ring (bicyclic) bond motifs is 2. The van der Waals surface area contributed by atoms with Crippen LogP contribution >= 0.6 is 15.9 Å². The fourth-order valence-corrected chi connectivity index (χ4v) is 3.92. The van der Waals surface area contributed by atoms with Crippen molar-refractivity contribution in [3.63, 3.8) is 0 Å². The highest BCUT2D eigenvalue weighted by molar-refractivity contribution is 9.09. The highest BCUT2D eigenvalue weighted by Crippen LogP contribution is 2.61. The van der Waals surface area contributed by atoms with Crippen molar-refractivity contribution >= 4 is 15.9 Å². The summed E-state index contributed by atoms with van der Waals surface area (Å²) in [6.07, 6.45) is 4.48. The monoisotopic (exact) mass is 216 g/mol. The summed E-state index contributed by atoms with van der Waals surface area (Å²) in [5, 5.41) is 1.23. The Balaban J connectivity index is 2.10. The second kappa shape index (κ2) is 2.48. The van der Waals surface area contributed by atoms with E-state index in [1.807, 2.05) is 0 Å². The van der Waals surface area contributed by atoms with E-state index in [4.69, 9.17) is 0 Å². The molecule has 0 heterocycles. The van der Waals surface area contributed by atoms with E-state index < -0.39 is 0 Å². The number of hydrogen-bond donors (Lipinski definition) is 0. The molecule has 3 rings (SSSR count). The van der Waals surface area contributed by atoms with Gasteiger partial charge in [-0.25, -0.2) is 0 Å². The normalized spacial score (nSPS) is 46.6. The molecular weight excluding hydrogens is 200 g/mol. The Bertz CT molecular complexity index is 160. The largest absolute Gasteiger partial charge is 0.0925 e. The summed E-state index contributed by atoms with van der Waals surface area (Å²) in [4.78, 5) is 0. The average Bonchev–Trinajstić information content (AvgIpc) is 2.04. The van der Waals surface area contributed by atoms with Gasteiger partial charge in [-0.3, -0.25) is 0 Å². The van der Waals surface area contributed by atoms with E-state index in [1.165, 1.54) is 24.6 Å². The van der Waals surface area contributed by atoms with Gasteiger partial charge in [-0.15, -0.1) is 0 Å². The van der Waals surface area contributed by atoms with Gasteiger partial charge in [-0.1, -0.05) is 29.8 Å². The third-order valence-corrected chi connectivity index (χ3v) is 5.03. The Morgan fingerprint density at radius 2 is 2.09 bits per heavy atom. The third kappa shape index (κ3) is 0.998. The van der Waals surface area contributed by atoms with E-state index >= 15 is 0 Å². The lowest BCUT2D eigenvalue weighted by Crippen LogP contribution is -2.52. The van der Waals surface area contributed by atoms with Crippen LogP contribution in [0.4, 0.5) is 0 Å². The van der Waals surface area contributed by atoms with Gasteiger partial charge >= 0.3 is 0 Å². The van der Waals surface area contributed by atoms with Crippen LogP contribution in [-0.2, 0) is 0 Å². The molecule has 3 aliphatic rings. The first-order valence-corrected chi connectivity index (χ1v) is 5.84. The van der Waals surface area contributed by atoms with Crippen LogP contribution in [0.25, 0.3) is 0 Å². The van der Waals surface area contributed by atoms with Crippen LogP contribution in [0.1, 0.15) is 33.1 Å². The van der Waals surface area contributed by atoms with Gasteiger partial charge in [0.2, 0.25) is 0 Å². The fraction of sp³-hybridized carbons (Fsp3) is 1.00. The van der Waals surface area contributed by atoms with E-state index in [-0.39, 0.29) is 0 Å². The van der Waals surface area contributed by atoms with Gasteiger partial charge < -0.3 is 0 Å². The van der Waals surface area contributed by atoms with Crippen molar-refractivity contribution in [1.29, 1.82) is 0 Å². The standard InChI is InChI=1S/C10H17Br/c1-10(2)8-4-3-7(6-11)9(10)5-8/h7-9H,3-6H2,1-2H3/t7-,8?,9?/m1/s1. The van der Waals surface area contributed by atoms with E-state index in [9.17, 15) is 0 Å². The SMILES string of the molecule is CC1(C)C2CC[C@H](CBr)C1C2. The smallest absolute Gasteiger partial charge is 0.00625 e. The Kier molecular flexibility index (Phi) is 1.83. The summed E-state index contributed by atoms with van der Waals surface area (Å²) in [5.74, 6) is 3.07. The molecule has 0 saturated heterocycles. The second-order valence-electron chi connectivity index (χ2n) is 4.85. The maximum atomic E-state index is 3.63. The van der Waals surface area contributed by atoms with Gasteiger partial charge in [0.1, 0.15) is 0 Å². The minimum atomic E-state index is 0.677. The molecule has 0 aliphatic heterocycles. The Morgan fingerprint density at radius 1 is 1.36 bits per heavy atom. The van der Waals surface area contributed by atoms with Gasteiger partial charge in [0, 0.05) is 5.33 Å². The van der Waals surface area contributed by atoms with Crippen molar-refractivity contribution < 1.29 is 0 Å². The Morgan fingerprint density at radius 3 is 2.45 bits per heavy atom. The van der Waals surface area contributed by atoms with Crippen LogP contribution in [0.3, 0.4) is 0 Å². The number of halogens is 1. The Labute approximate surface area is 77.9 Å².